The lowest BCUT2D eigenvalue weighted by atomic mass is 10.6. The van der Waals surface area contributed by atoms with Crippen LogP contribution in [0.5, 0.6) is 0 Å². The highest BCUT2D eigenvalue weighted by molar-refractivity contribution is 4.90. The fourth-order valence-electron chi connectivity index (χ4n) is 0.768. The highest BCUT2D eigenvalue weighted by Gasteiger charge is 2.04. The van der Waals surface area contributed by atoms with Gasteiger partial charge in [0.25, 0.3) is 0 Å². The van der Waals surface area contributed by atoms with Crippen LogP contribution in [0.25, 0.3) is 0 Å². The monoisotopic (exact) mass is 125 g/mol. The van der Waals surface area contributed by atoms with Crippen LogP contribution >= 0.6 is 0 Å². The number of hydrazine groups is 1. The summed E-state index contributed by atoms with van der Waals surface area (Å²) in [5, 5.41) is 1.63. The number of rotatable bonds is 2. The average Bonchev–Trinajstić information content (AvgIpc) is 2.17. The van der Waals surface area contributed by atoms with Crippen LogP contribution in [0, 0.1) is 0 Å². The molecule has 0 aromatic heterocycles. The van der Waals surface area contributed by atoms with Gasteiger partial charge < -0.3 is 4.90 Å². The Morgan fingerprint density at radius 2 is 2.44 bits per heavy atom. The fourth-order valence-corrected chi connectivity index (χ4v) is 0.768. The molecule has 0 saturated carbocycles. The van der Waals surface area contributed by atoms with E-state index in [0.29, 0.717) is 0 Å². The van der Waals surface area contributed by atoms with Crippen LogP contribution < -0.4 is 5.84 Å². The summed E-state index contributed by atoms with van der Waals surface area (Å²) in [5.74, 6) is 5.43. The van der Waals surface area contributed by atoms with Crippen molar-refractivity contribution in [2.24, 2.45) is 5.84 Å². The first kappa shape index (κ1) is 6.16. The molecule has 1 rings (SSSR count). The lowest BCUT2D eigenvalue weighted by Crippen LogP contribution is -2.30. The second-order valence-corrected chi connectivity index (χ2v) is 2.01. The Hall–Kier alpha value is -0.960. The molecular weight excluding hydrogens is 114 g/mol. The normalized spacial score (nSPS) is 17.0. The third-order valence-electron chi connectivity index (χ3n) is 1.18. The fraction of sp³-hybridized carbons (Fsp3) is 0.333. The van der Waals surface area contributed by atoms with Gasteiger partial charge in [-0.05, 0) is 0 Å². The molecule has 3 heteroatoms. The van der Waals surface area contributed by atoms with Gasteiger partial charge in [-0.15, -0.1) is 6.58 Å². The van der Waals surface area contributed by atoms with E-state index in [4.69, 9.17) is 5.84 Å². The molecule has 0 aromatic carbocycles. The third-order valence-corrected chi connectivity index (χ3v) is 1.18. The van der Waals surface area contributed by atoms with Gasteiger partial charge in [0.1, 0.15) is 6.67 Å². The highest BCUT2D eigenvalue weighted by Crippen LogP contribution is 1.99. The SMILES string of the molecule is C=CCN1C=CN(N)C1. The molecule has 0 spiro atoms. The van der Waals surface area contributed by atoms with E-state index < -0.39 is 0 Å². The molecule has 0 amide bonds. The first-order valence-electron chi connectivity index (χ1n) is 2.87. The maximum atomic E-state index is 5.43. The minimum atomic E-state index is 0.770. The Morgan fingerprint density at radius 1 is 1.67 bits per heavy atom. The number of nitrogens with zero attached hydrogens (tertiary/aromatic N) is 2. The van der Waals surface area contributed by atoms with Crippen molar-refractivity contribution in [1.82, 2.24) is 9.91 Å². The van der Waals surface area contributed by atoms with Gasteiger partial charge in [-0.1, -0.05) is 6.08 Å². The van der Waals surface area contributed by atoms with Gasteiger partial charge in [0.05, 0.1) is 0 Å². The number of nitrogens with two attached hydrogens (primary N) is 1. The molecule has 0 atom stereocenters. The Bertz CT molecular complexity index is 130. The number of hydrogen-bond donors (Lipinski definition) is 1. The van der Waals surface area contributed by atoms with Crippen molar-refractivity contribution < 1.29 is 0 Å². The van der Waals surface area contributed by atoms with Gasteiger partial charge in [0.2, 0.25) is 0 Å². The van der Waals surface area contributed by atoms with E-state index >= 15 is 0 Å². The Balaban J connectivity index is 2.31. The van der Waals surface area contributed by atoms with Crippen LogP contribution in [0.1, 0.15) is 0 Å². The van der Waals surface area contributed by atoms with Crippen molar-refractivity contribution in [2.45, 2.75) is 0 Å². The lowest BCUT2D eigenvalue weighted by Gasteiger charge is -2.14. The van der Waals surface area contributed by atoms with Crippen molar-refractivity contribution in [3.8, 4) is 0 Å². The lowest BCUT2D eigenvalue weighted by molar-refractivity contribution is 0.288. The summed E-state index contributed by atoms with van der Waals surface area (Å²) >= 11 is 0. The largest absolute Gasteiger partial charge is 0.354 e. The zero-order valence-corrected chi connectivity index (χ0v) is 5.33. The predicted octanol–water partition coefficient (Wildman–Crippen LogP) is 0.0924. The molecule has 0 aliphatic carbocycles. The Kier molecular flexibility index (Phi) is 1.75. The van der Waals surface area contributed by atoms with Gasteiger partial charge in [-0.2, -0.15) is 0 Å². The first-order valence-corrected chi connectivity index (χ1v) is 2.87. The molecule has 1 aliphatic rings. The standard InChI is InChI=1S/C6H11N3/c1-2-3-8-4-5-9(7)6-8/h2,4-5H,1,3,6-7H2. The van der Waals surface area contributed by atoms with Crippen LogP contribution in [-0.4, -0.2) is 23.1 Å². The molecule has 2 N–H and O–H groups in total. The van der Waals surface area contributed by atoms with Crippen LogP contribution in [-0.2, 0) is 0 Å². The zero-order valence-electron chi connectivity index (χ0n) is 5.33. The van der Waals surface area contributed by atoms with Gasteiger partial charge in [0.15, 0.2) is 0 Å². The molecule has 0 bridgehead atoms. The van der Waals surface area contributed by atoms with Crippen molar-refractivity contribution in [3.63, 3.8) is 0 Å². The van der Waals surface area contributed by atoms with E-state index in [1.165, 1.54) is 0 Å². The van der Waals surface area contributed by atoms with Crippen LogP contribution in [0.4, 0.5) is 0 Å². The summed E-state index contributed by atoms with van der Waals surface area (Å²) < 4.78 is 0. The van der Waals surface area contributed by atoms with Gasteiger partial charge in [-0.25, -0.2) is 5.84 Å². The second kappa shape index (κ2) is 2.55. The Labute approximate surface area is 55.0 Å². The molecule has 50 valence electrons. The van der Waals surface area contributed by atoms with Crippen molar-refractivity contribution >= 4 is 0 Å². The second-order valence-electron chi connectivity index (χ2n) is 2.01. The average molecular weight is 125 g/mol. The smallest absolute Gasteiger partial charge is 0.104 e. The van der Waals surface area contributed by atoms with E-state index in [1.807, 2.05) is 18.5 Å². The Morgan fingerprint density at radius 3 is 2.89 bits per heavy atom. The topological polar surface area (TPSA) is 32.5 Å². The predicted molar refractivity (Wildman–Crippen MR) is 36.9 cm³/mol. The molecule has 0 unspecified atom stereocenters. The minimum Gasteiger partial charge on any atom is -0.354 e. The quantitative estimate of drug-likeness (QED) is 0.419. The van der Waals surface area contributed by atoms with E-state index in [-0.39, 0.29) is 0 Å². The summed E-state index contributed by atoms with van der Waals surface area (Å²) in [6, 6.07) is 0. The van der Waals surface area contributed by atoms with E-state index in [2.05, 4.69) is 11.5 Å². The zero-order chi connectivity index (χ0) is 6.69. The molecule has 1 heterocycles. The van der Waals surface area contributed by atoms with Crippen molar-refractivity contribution in [2.75, 3.05) is 13.2 Å². The van der Waals surface area contributed by atoms with Gasteiger partial charge in [0, 0.05) is 18.9 Å². The van der Waals surface area contributed by atoms with Crippen molar-refractivity contribution in [3.05, 3.63) is 25.1 Å². The summed E-state index contributed by atoms with van der Waals surface area (Å²) in [4.78, 5) is 2.06. The molecule has 0 fully saturated rings. The molecule has 0 radical (unpaired) electrons. The summed E-state index contributed by atoms with van der Waals surface area (Å²) in [6.45, 7) is 5.25. The maximum absolute atomic E-state index is 5.43. The van der Waals surface area contributed by atoms with Gasteiger partial charge >= 0.3 is 0 Å². The highest BCUT2D eigenvalue weighted by atomic mass is 15.5. The van der Waals surface area contributed by atoms with E-state index in [9.17, 15) is 0 Å². The molecular formula is C6H11N3. The molecule has 3 nitrogen and oxygen atoms in total. The maximum Gasteiger partial charge on any atom is 0.104 e. The summed E-state index contributed by atoms with van der Waals surface area (Å²) in [5.41, 5.74) is 0. The molecule has 9 heavy (non-hydrogen) atoms. The van der Waals surface area contributed by atoms with E-state index in [1.54, 1.807) is 5.01 Å². The summed E-state index contributed by atoms with van der Waals surface area (Å²) in [7, 11) is 0. The molecule has 0 aromatic rings. The number of hydrogen-bond acceptors (Lipinski definition) is 3. The van der Waals surface area contributed by atoms with Crippen LogP contribution in [0.15, 0.2) is 25.1 Å². The van der Waals surface area contributed by atoms with Crippen molar-refractivity contribution in [1.29, 1.82) is 0 Å². The van der Waals surface area contributed by atoms with Gasteiger partial charge in [-0.3, -0.25) is 5.01 Å². The summed E-state index contributed by atoms with van der Waals surface area (Å²) in [6.07, 6.45) is 5.63. The molecule has 1 aliphatic heterocycles. The first-order chi connectivity index (χ1) is 4.33. The molecule has 0 saturated heterocycles. The van der Waals surface area contributed by atoms with Crippen LogP contribution in [0.3, 0.4) is 0 Å². The minimum absolute atomic E-state index is 0.770. The third kappa shape index (κ3) is 1.47. The van der Waals surface area contributed by atoms with Crippen LogP contribution in [0.2, 0.25) is 0 Å². The van der Waals surface area contributed by atoms with E-state index in [0.717, 1.165) is 13.2 Å².